The first kappa shape index (κ1) is 20.4. The van der Waals surface area contributed by atoms with Gasteiger partial charge < -0.3 is 10.2 Å². The van der Waals surface area contributed by atoms with E-state index in [4.69, 9.17) is 0 Å². The summed E-state index contributed by atoms with van der Waals surface area (Å²) in [6, 6.07) is 21.3. The van der Waals surface area contributed by atoms with Gasteiger partial charge in [0.05, 0.1) is 11.5 Å². The van der Waals surface area contributed by atoms with Crippen molar-refractivity contribution >= 4 is 17.5 Å². The van der Waals surface area contributed by atoms with Crippen LogP contribution in [0.25, 0.3) is 0 Å². The van der Waals surface area contributed by atoms with Gasteiger partial charge in [-0.2, -0.15) is 0 Å². The number of carbonyl (C=O) groups excluding carboxylic acids is 2. The first-order valence-corrected chi connectivity index (χ1v) is 11.4. The molecule has 0 bridgehead atoms. The van der Waals surface area contributed by atoms with Crippen LogP contribution in [0.5, 0.6) is 0 Å². The Bertz CT molecular complexity index is 1110. The van der Waals surface area contributed by atoms with E-state index in [-0.39, 0.29) is 11.8 Å². The third-order valence-electron chi connectivity index (χ3n) is 6.90. The summed E-state index contributed by atoms with van der Waals surface area (Å²) in [5.74, 6) is -0.449. The minimum Gasteiger partial charge on any atom is -0.351 e. The van der Waals surface area contributed by atoms with Crippen molar-refractivity contribution in [2.75, 3.05) is 4.90 Å². The number of hydrogen-bond acceptors (Lipinski definition) is 3. The normalized spacial score (nSPS) is 19.4. The minimum atomic E-state index is -0.562. The molecule has 3 aromatic rings. The average Bonchev–Trinajstić information content (AvgIpc) is 2.85. The summed E-state index contributed by atoms with van der Waals surface area (Å²) in [4.78, 5) is 33.6. The quantitative estimate of drug-likeness (QED) is 0.650. The predicted molar refractivity (Wildman–Crippen MR) is 124 cm³/mol. The number of para-hydroxylation sites is 1. The van der Waals surface area contributed by atoms with Gasteiger partial charge in [0.2, 0.25) is 5.91 Å². The lowest BCUT2D eigenvalue weighted by atomic mass is 9.65. The summed E-state index contributed by atoms with van der Waals surface area (Å²) in [6.45, 7) is 0.440. The Balaban J connectivity index is 1.61. The number of hydrogen-bond donors (Lipinski definition) is 1. The van der Waals surface area contributed by atoms with Gasteiger partial charge in [-0.1, -0.05) is 55.7 Å². The van der Waals surface area contributed by atoms with E-state index in [1.165, 1.54) is 0 Å². The number of carbonyl (C=O) groups is 2. The molecule has 5 nitrogen and oxygen atoms in total. The molecule has 1 aromatic heterocycles. The van der Waals surface area contributed by atoms with Crippen molar-refractivity contribution in [2.45, 2.75) is 50.1 Å². The van der Waals surface area contributed by atoms with Crippen molar-refractivity contribution in [3.8, 4) is 0 Å². The molecule has 32 heavy (non-hydrogen) atoms. The fraction of sp³-hybridized carbons (Fsp3) is 0.296. The number of nitrogens with one attached hydrogen (secondary N) is 1. The maximum Gasteiger partial charge on any atom is 0.259 e. The number of aromatic nitrogens is 1. The molecule has 5 heteroatoms. The molecule has 1 saturated carbocycles. The lowest BCUT2D eigenvalue weighted by molar-refractivity contribution is -0.124. The molecular weight excluding hydrogens is 398 g/mol. The van der Waals surface area contributed by atoms with Crippen LogP contribution in [0.2, 0.25) is 0 Å². The number of fused-ring (bicyclic) bond motifs is 1. The summed E-state index contributed by atoms with van der Waals surface area (Å²) < 4.78 is 0. The zero-order chi connectivity index (χ0) is 22.0. The van der Waals surface area contributed by atoms with Crippen LogP contribution in [0, 0.1) is 0 Å². The van der Waals surface area contributed by atoms with Gasteiger partial charge in [0, 0.05) is 30.2 Å². The van der Waals surface area contributed by atoms with Crippen molar-refractivity contribution in [3.05, 3.63) is 95.8 Å². The van der Waals surface area contributed by atoms with E-state index in [1.807, 2.05) is 71.6 Å². The lowest BCUT2D eigenvalue weighted by Gasteiger charge is -2.53. The second-order valence-corrected chi connectivity index (χ2v) is 8.73. The van der Waals surface area contributed by atoms with Crippen LogP contribution in [0.1, 0.15) is 59.5 Å². The highest BCUT2D eigenvalue weighted by Gasteiger charge is 2.55. The zero-order valence-corrected chi connectivity index (χ0v) is 18.0. The Morgan fingerprint density at radius 2 is 1.62 bits per heavy atom. The van der Waals surface area contributed by atoms with Gasteiger partial charge in [-0.05, 0) is 54.3 Å². The molecule has 2 aliphatic rings. The second-order valence-electron chi connectivity index (χ2n) is 8.73. The van der Waals surface area contributed by atoms with Gasteiger partial charge in [-0.3, -0.25) is 14.6 Å². The van der Waals surface area contributed by atoms with E-state index in [0.29, 0.717) is 12.1 Å². The van der Waals surface area contributed by atoms with Crippen LogP contribution in [0.15, 0.2) is 79.1 Å². The molecule has 162 valence electrons. The summed E-state index contributed by atoms with van der Waals surface area (Å²) in [5, 5.41) is 3.16. The molecule has 5 rings (SSSR count). The molecule has 1 fully saturated rings. The van der Waals surface area contributed by atoms with Gasteiger partial charge in [-0.15, -0.1) is 0 Å². The van der Waals surface area contributed by atoms with Crippen LogP contribution >= 0.6 is 0 Å². The van der Waals surface area contributed by atoms with Crippen molar-refractivity contribution < 1.29 is 9.59 Å². The fourth-order valence-corrected chi connectivity index (χ4v) is 5.49. The smallest absolute Gasteiger partial charge is 0.259 e. The van der Waals surface area contributed by atoms with Crippen molar-refractivity contribution in [1.82, 2.24) is 10.3 Å². The third-order valence-corrected chi connectivity index (χ3v) is 6.90. The van der Waals surface area contributed by atoms with E-state index in [2.05, 4.69) is 10.3 Å². The Hall–Kier alpha value is -3.47. The maximum absolute atomic E-state index is 13.8. The number of rotatable bonds is 4. The Labute approximate surface area is 188 Å². The van der Waals surface area contributed by atoms with Crippen molar-refractivity contribution in [2.24, 2.45) is 0 Å². The number of amides is 2. The molecule has 1 aliphatic heterocycles. The third kappa shape index (κ3) is 3.48. The molecule has 1 atom stereocenters. The number of pyridine rings is 1. The van der Waals surface area contributed by atoms with Crippen LogP contribution in [0.3, 0.4) is 0 Å². The van der Waals surface area contributed by atoms with E-state index < -0.39 is 11.5 Å². The minimum absolute atomic E-state index is 0.00752. The SMILES string of the molecule is O=C(NCc1ccncc1)[C@H]1c2ccccc2C(=O)N(c2ccccc2)C12CCCCC2. The number of anilines is 1. The highest BCUT2D eigenvalue weighted by Crippen LogP contribution is 2.50. The molecule has 0 saturated heterocycles. The Morgan fingerprint density at radius 1 is 0.938 bits per heavy atom. The van der Waals surface area contributed by atoms with Crippen molar-refractivity contribution in [1.29, 1.82) is 0 Å². The van der Waals surface area contributed by atoms with E-state index in [1.54, 1.807) is 12.4 Å². The van der Waals surface area contributed by atoms with Crippen LogP contribution < -0.4 is 10.2 Å². The van der Waals surface area contributed by atoms with Gasteiger partial charge in [0.25, 0.3) is 5.91 Å². The lowest BCUT2D eigenvalue weighted by Crippen LogP contribution is -2.63. The summed E-state index contributed by atoms with van der Waals surface area (Å²) >= 11 is 0. The monoisotopic (exact) mass is 425 g/mol. The highest BCUT2D eigenvalue weighted by atomic mass is 16.2. The molecule has 2 heterocycles. The average molecular weight is 426 g/mol. The molecule has 1 aliphatic carbocycles. The van der Waals surface area contributed by atoms with Gasteiger partial charge >= 0.3 is 0 Å². The van der Waals surface area contributed by atoms with E-state index in [9.17, 15) is 9.59 Å². The molecule has 1 N–H and O–H groups in total. The number of benzene rings is 2. The molecular formula is C27H27N3O2. The van der Waals surface area contributed by atoms with Crippen LogP contribution in [-0.4, -0.2) is 22.3 Å². The first-order chi connectivity index (χ1) is 15.7. The van der Waals surface area contributed by atoms with E-state index in [0.717, 1.165) is 48.9 Å². The fourth-order valence-electron chi connectivity index (χ4n) is 5.49. The molecule has 2 amide bonds. The Kier molecular flexibility index (Phi) is 5.48. The zero-order valence-electron chi connectivity index (χ0n) is 18.0. The highest BCUT2D eigenvalue weighted by molar-refractivity contribution is 6.12. The predicted octanol–water partition coefficient (Wildman–Crippen LogP) is 4.84. The van der Waals surface area contributed by atoms with Crippen LogP contribution in [-0.2, 0) is 11.3 Å². The summed E-state index contributed by atoms with van der Waals surface area (Å²) in [6.07, 6.45) is 8.24. The Morgan fingerprint density at radius 3 is 2.38 bits per heavy atom. The first-order valence-electron chi connectivity index (χ1n) is 11.4. The maximum atomic E-state index is 13.8. The van der Waals surface area contributed by atoms with Crippen molar-refractivity contribution in [3.63, 3.8) is 0 Å². The molecule has 0 unspecified atom stereocenters. The standard InChI is InChI=1S/C27H27N3O2/c31-25(29-19-20-13-17-28-18-14-20)24-22-11-5-6-12-23(22)26(32)30(21-9-3-1-4-10-21)27(24)15-7-2-8-16-27/h1,3-6,9-14,17-18,24H,2,7-8,15-16,19H2,(H,29,31)/t24-/m1/s1. The van der Waals surface area contributed by atoms with Crippen LogP contribution in [0.4, 0.5) is 5.69 Å². The van der Waals surface area contributed by atoms with Gasteiger partial charge in [0.15, 0.2) is 0 Å². The summed E-state index contributed by atoms with van der Waals surface area (Å²) in [7, 11) is 0. The van der Waals surface area contributed by atoms with E-state index >= 15 is 0 Å². The molecule has 0 radical (unpaired) electrons. The van der Waals surface area contributed by atoms with Gasteiger partial charge in [0.1, 0.15) is 0 Å². The largest absolute Gasteiger partial charge is 0.351 e. The second kappa shape index (κ2) is 8.58. The number of nitrogens with zero attached hydrogens (tertiary/aromatic N) is 2. The van der Waals surface area contributed by atoms with Gasteiger partial charge in [-0.25, -0.2) is 0 Å². The molecule has 2 aromatic carbocycles. The summed E-state index contributed by atoms with van der Waals surface area (Å²) in [5.41, 5.74) is 2.77. The topological polar surface area (TPSA) is 62.3 Å². The molecule has 1 spiro atoms.